The average molecular weight is 333 g/mol. The monoisotopic (exact) mass is 333 g/mol. The highest BCUT2D eigenvalue weighted by Crippen LogP contribution is 2.19. The molecule has 1 aromatic rings. The van der Waals surface area contributed by atoms with Gasteiger partial charge in [0.15, 0.2) is 0 Å². The third-order valence-corrected chi connectivity index (χ3v) is 4.24. The molecule has 1 aromatic carbocycles. The quantitative estimate of drug-likeness (QED) is 0.798. The largest absolute Gasteiger partial charge is 0.465 e. The Kier molecular flexibility index (Phi) is 6.75. The number of hydrogen-bond acceptors (Lipinski definition) is 5. The fourth-order valence-electron chi connectivity index (χ4n) is 2.89. The van der Waals surface area contributed by atoms with Crippen LogP contribution >= 0.6 is 0 Å². The summed E-state index contributed by atoms with van der Waals surface area (Å²) in [6, 6.07) is 5.98. The molecule has 0 aliphatic carbocycles. The van der Waals surface area contributed by atoms with Crippen LogP contribution in [0, 0.1) is 13.8 Å². The Bertz CT molecular complexity index is 561. The number of esters is 1. The second-order valence-corrected chi connectivity index (χ2v) is 6.17. The lowest BCUT2D eigenvalue weighted by Crippen LogP contribution is -2.50. The van der Waals surface area contributed by atoms with E-state index in [9.17, 15) is 9.59 Å². The van der Waals surface area contributed by atoms with Crippen LogP contribution in [0.1, 0.15) is 18.1 Å². The summed E-state index contributed by atoms with van der Waals surface area (Å²) in [6.07, 6.45) is 0. The Hall–Kier alpha value is -1.92. The van der Waals surface area contributed by atoms with Gasteiger partial charge in [0.2, 0.25) is 5.91 Å². The van der Waals surface area contributed by atoms with E-state index in [-0.39, 0.29) is 11.9 Å². The zero-order chi connectivity index (χ0) is 17.5. The van der Waals surface area contributed by atoms with Crippen LogP contribution in [0.5, 0.6) is 0 Å². The minimum Gasteiger partial charge on any atom is -0.465 e. The molecule has 6 nitrogen and oxygen atoms in total. The number of para-hydroxylation sites is 1. The van der Waals surface area contributed by atoms with Gasteiger partial charge in [-0.3, -0.25) is 19.4 Å². The number of nitrogens with one attached hydrogen (secondary N) is 1. The average Bonchev–Trinajstić information content (AvgIpc) is 2.53. The molecular weight excluding hydrogens is 306 g/mol. The number of ether oxygens (including phenoxy) is 1. The zero-order valence-corrected chi connectivity index (χ0v) is 14.8. The van der Waals surface area contributed by atoms with Gasteiger partial charge in [0, 0.05) is 31.9 Å². The van der Waals surface area contributed by atoms with Crippen molar-refractivity contribution in [2.24, 2.45) is 0 Å². The lowest BCUT2D eigenvalue weighted by atomic mass is 10.1. The van der Waals surface area contributed by atoms with Gasteiger partial charge < -0.3 is 10.1 Å². The maximum atomic E-state index is 12.3. The number of aryl methyl sites for hydroxylation is 2. The second-order valence-electron chi connectivity index (χ2n) is 6.17. The number of nitrogens with zero attached hydrogens (tertiary/aromatic N) is 2. The van der Waals surface area contributed by atoms with Crippen LogP contribution in [0.4, 0.5) is 5.69 Å². The number of carbonyl (C=O) groups excluding carboxylic acids is 2. The van der Waals surface area contributed by atoms with Gasteiger partial charge in [0.1, 0.15) is 0 Å². The van der Waals surface area contributed by atoms with Gasteiger partial charge in [0.25, 0.3) is 0 Å². The molecule has 1 N–H and O–H groups in total. The fraction of sp³-hybridized carbons (Fsp3) is 0.556. The van der Waals surface area contributed by atoms with Gasteiger partial charge in [-0.2, -0.15) is 0 Å². The van der Waals surface area contributed by atoms with E-state index in [0.717, 1.165) is 43.0 Å². The van der Waals surface area contributed by atoms with E-state index in [0.29, 0.717) is 19.7 Å². The van der Waals surface area contributed by atoms with Crippen molar-refractivity contribution in [2.75, 3.05) is 51.2 Å². The minimum absolute atomic E-state index is 0.00578. The summed E-state index contributed by atoms with van der Waals surface area (Å²) in [5, 5.41) is 3.02. The molecule has 2 rings (SSSR count). The smallest absolute Gasteiger partial charge is 0.320 e. The van der Waals surface area contributed by atoms with Gasteiger partial charge in [-0.1, -0.05) is 18.2 Å². The van der Waals surface area contributed by atoms with Crippen molar-refractivity contribution in [2.45, 2.75) is 20.8 Å². The van der Waals surface area contributed by atoms with Crippen LogP contribution in [-0.2, 0) is 14.3 Å². The van der Waals surface area contributed by atoms with Crippen molar-refractivity contribution in [3.05, 3.63) is 29.3 Å². The Labute approximate surface area is 143 Å². The summed E-state index contributed by atoms with van der Waals surface area (Å²) in [6.45, 7) is 10.0. The maximum absolute atomic E-state index is 12.3. The molecule has 1 heterocycles. The summed E-state index contributed by atoms with van der Waals surface area (Å²) in [4.78, 5) is 28.0. The first kappa shape index (κ1) is 18.4. The number of benzene rings is 1. The molecule has 1 aliphatic heterocycles. The molecule has 6 heteroatoms. The van der Waals surface area contributed by atoms with E-state index in [1.54, 1.807) is 0 Å². The molecule has 0 spiro atoms. The molecule has 1 amide bonds. The van der Waals surface area contributed by atoms with Crippen molar-refractivity contribution >= 4 is 17.6 Å². The van der Waals surface area contributed by atoms with E-state index < -0.39 is 0 Å². The Morgan fingerprint density at radius 1 is 1.04 bits per heavy atom. The lowest BCUT2D eigenvalue weighted by Gasteiger charge is -2.33. The van der Waals surface area contributed by atoms with Gasteiger partial charge in [-0.05, 0) is 31.9 Å². The fourth-order valence-corrected chi connectivity index (χ4v) is 2.89. The predicted molar refractivity (Wildman–Crippen MR) is 94.1 cm³/mol. The zero-order valence-electron chi connectivity index (χ0n) is 14.8. The van der Waals surface area contributed by atoms with Crippen LogP contribution in [-0.4, -0.2) is 67.6 Å². The van der Waals surface area contributed by atoms with E-state index in [1.165, 1.54) is 0 Å². The highest BCUT2D eigenvalue weighted by Gasteiger charge is 2.21. The first-order valence-electron chi connectivity index (χ1n) is 8.46. The number of carbonyl (C=O) groups is 2. The molecule has 0 bridgehead atoms. The third kappa shape index (κ3) is 5.32. The van der Waals surface area contributed by atoms with Crippen LogP contribution in [0.3, 0.4) is 0 Å². The summed E-state index contributed by atoms with van der Waals surface area (Å²) in [7, 11) is 0. The van der Waals surface area contributed by atoms with E-state index in [2.05, 4.69) is 15.1 Å². The number of hydrogen-bond donors (Lipinski definition) is 1. The Balaban J connectivity index is 1.77. The molecule has 1 aliphatic rings. The van der Waals surface area contributed by atoms with Crippen molar-refractivity contribution in [3.63, 3.8) is 0 Å². The normalized spacial score (nSPS) is 16.0. The SMILES string of the molecule is CCOC(=O)CN1CCN(CC(=O)Nc2c(C)cccc2C)CC1. The lowest BCUT2D eigenvalue weighted by molar-refractivity contribution is -0.145. The van der Waals surface area contributed by atoms with Crippen molar-refractivity contribution in [1.82, 2.24) is 9.80 Å². The second kappa shape index (κ2) is 8.80. The summed E-state index contributed by atoms with van der Waals surface area (Å²) in [5.74, 6) is -0.176. The molecule has 1 fully saturated rings. The molecule has 24 heavy (non-hydrogen) atoms. The molecule has 0 aromatic heterocycles. The van der Waals surface area contributed by atoms with E-state index in [4.69, 9.17) is 4.74 Å². The molecule has 0 radical (unpaired) electrons. The Morgan fingerprint density at radius 3 is 2.12 bits per heavy atom. The van der Waals surface area contributed by atoms with Crippen LogP contribution in [0.25, 0.3) is 0 Å². The van der Waals surface area contributed by atoms with Gasteiger partial charge in [-0.15, -0.1) is 0 Å². The first-order valence-corrected chi connectivity index (χ1v) is 8.46. The first-order chi connectivity index (χ1) is 11.5. The van der Waals surface area contributed by atoms with Gasteiger partial charge in [0.05, 0.1) is 19.7 Å². The summed E-state index contributed by atoms with van der Waals surface area (Å²) >= 11 is 0. The molecule has 1 saturated heterocycles. The highest BCUT2D eigenvalue weighted by atomic mass is 16.5. The predicted octanol–water partition coefficient (Wildman–Crippen LogP) is 1.42. The molecule has 0 unspecified atom stereocenters. The molecule has 132 valence electrons. The van der Waals surface area contributed by atoms with Crippen molar-refractivity contribution in [3.8, 4) is 0 Å². The van der Waals surface area contributed by atoms with Gasteiger partial charge in [-0.25, -0.2) is 0 Å². The van der Waals surface area contributed by atoms with Crippen molar-refractivity contribution in [1.29, 1.82) is 0 Å². The van der Waals surface area contributed by atoms with E-state index in [1.807, 2.05) is 39.0 Å². The van der Waals surface area contributed by atoms with Gasteiger partial charge >= 0.3 is 5.97 Å². The number of anilines is 1. The van der Waals surface area contributed by atoms with Crippen LogP contribution in [0.15, 0.2) is 18.2 Å². The van der Waals surface area contributed by atoms with Crippen LogP contribution in [0.2, 0.25) is 0 Å². The topological polar surface area (TPSA) is 61.9 Å². The summed E-state index contributed by atoms with van der Waals surface area (Å²) in [5.41, 5.74) is 3.05. The summed E-state index contributed by atoms with van der Waals surface area (Å²) < 4.78 is 4.97. The standard InChI is InChI=1S/C18H27N3O3/c1-4-24-17(23)13-21-10-8-20(9-11-21)12-16(22)19-18-14(2)6-5-7-15(18)3/h5-7H,4,8-13H2,1-3H3,(H,19,22). The minimum atomic E-state index is -0.182. The molecular formula is C18H27N3O3. The number of rotatable bonds is 6. The van der Waals surface area contributed by atoms with E-state index >= 15 is 0 Å². The number of amides is 1. The Morgan fingerprint density at radius 2 is 1.58 bits per heavy atom. The maximum Gasteiger partial charge on any atom is 0.320 e. The van der Waals surface area contributed by atoms with Crippen LogP contribution < -0.4 is 5.32 Å². The van der Waals surface area contributed by atoms with Crippen molar-refractivity contribution < 1.29 is 14.3 Å². The molecule has 0 saturated carbocycles. The highest BCUT2D eigenvalue weighted by molar-refractivity contribution is 5.93. The third-order valence-electron chi connectivity index (χ3n) is 4.24. The number of piperazine rings is 1. The molecule has 0 atom stereocenters.